The Hall–Kier alpha value is -2.45. The van der Waals surface area contributed by atoms with Gasteiger partial charge < -0.3 is 19.4 Å². The molecule has 1 aromatic carbocycles. The summed E-state index contributed by atoms with van der Waals surface area (Å²) in [5, 5.41) is 4.95. The number of pyridine rings is 1. The molecule has 2 aromatic heterocycles. The molecule has 0 saturated carbocycles. The number of thiocarbonyl (C=S) groups is 1. The highest BCUT2D eigenvalue weighted by Gasteiger charge is 2.41. The maximum atomic E-state index is 6.45. The molecule has 0 aliphatic carbocycles. The van der Waals surface area contributed by atoms with Gasteiger partial charge in [-0.15, -0.1) is 0 Å². The van der Waals surface area contributed by atoms with Crippen LogP contribution in [0.2, 0.25) is 5.02 Å². The van der Waals surface area contributed by atoms with Crippen LogP contribution < -0.4 is 5.32 Å². The molecule has 1 N–H and O–H groups in total. The Morgan fingerprint density at radius 1 is 1.09 bits per heavy atom. The lowest BCUT2D eigenvalue weighted by Gasteiger charge is -2.31. The fraction of sp³-hybridized carbons (Fsp3) is 0.360. The number of nitrogens with zero attached hydrogens (tertiary/aromatic N) is 3. The van der Waals surface area contributed by atoms with E-state index in [9.17, 15) is 0 Å². The van der Waals surface area contributed by atoms with Crippen molar-refractivity contribution in [2.45, 2.75) is 19.0 Å². The number of nitrogens with one attached hydrogen (secondary N) is 1. The van der Waals surface area contributed by atoms with Gasteiger partial charge in [-0.1, -0.05) is 29.8 Å². The first kappa shape index (κ1) is 22.3. The number of halogens is 1. The third-order valence-corrected chi connectivity index (χ3v) is 7.17. The zero-order chi connectivity index (χ0) is 22.8. The quantitative estimate of drug-likeness (QED) is 0.515. The third-order valence-electron chi connectivity index (χ3n) is 6.41. The van der Waals surface area contributed by atoms with Crippen molar-refractivity contribution in [3.63, 3.8) is 0 Å². The van der Waals surface area contributed by atoms with Crippen molar-refractivity contribution in [2.75, 3.05) is 39.4 Å². The summed E-state index contributed by atoms with van der Waals surface area (Å²) >= 11 is 12.1. The SMILES string of the molecule is Cc1c(Cl)cccc1-c1ccc([C@@H]2[C@@H](c3ccccn3)NC(=S)N2CCN2CCOCC2)o1. The number of ether oxygens (including phenoxy) is 1. The maximum Gasteiger partial charge on any atom is 0.170 e. The van der Waals surface area contributed by atoms with Crippen LogP contribution in [0.3, 0.4) is 0 Å². The lowest BCUT2D eigenvalue weighted by Crippen LogP contribution is -2.42. The Kier molecular flexibility index (Phi) is 6.64. The van der Waals surface area contributed by atoms with Crippen molar-refractivity contribution in [3.05, 3.63) is 76.8 Å². The van der Waals surface area contributed by atoms with Gasteiger partial charge in [-0.25, -0.2) is 0 Å². The molecule has 2 saturated heterocycles. The largest absolute Gasteiger partial charge is 0.459 e. The smallest absolute Gasteiger partial charge is 0.170 e. The van der Waals surface area contributed by atoms with Gasteiger partial charge in [0.15, 0.2) is 5.11 Å². The van der Waals surface area contributed by atoms with Crippen LogP contribution in [0.15, 0.2) is 59.1 Å². The van der Waals surface area contributed by atoms with E-state index in [1.165, 1.54) is 0 Å². The molecule has 0 spiro atoms. The highest BCUT2D eigenvalue weighted by atomic mass is 35.5. The molecular formula is C25H27ClN4O2S. The van der Waals surface area contributed by atoms with Gasteiger partial charge in [0.25, 0.3) is 0 Å². The van der Waals surface area contributed by atoms with Crippen molar-refractivity contribution in [2.24, 2.45) is 0 Å². The topological polar surface area (TPSA) is 53.8 Å². The van der Waals surface area contributed by atoms with Crippen molar-refractivity contribution >= 4 is 28.9 Å². The second-order valence-electron chi connectivity index (χ2n) is 8.39. The average Bonchev–Trinajstić information content (AvgIpc) is 3.45. The molecule has 2 fully saturated rings. The van der Waals surface area contributed by atoms with Crippen LogP contribution in [-0.2, 0) is 4.74 Å². The standard InChI is InChI=1S/C25H27ClN4O2S/c1-17-18(5-4-6-19(17)26)21-8-9-22(32-21)24-23(20-7-2-3-10-27-20)28-25(33)30(24)12-11-29-13-15-31-16-14-29/h2-10,23-24H,11-16H2,1H3,(H,28,33)/t23-,24-/m1/s1. The zero-order valence-electron chi connectivity index (χ0n) is 18.5. The molecule has 3 aromatic rings. The van der Waals surface area contributed by atoms with Gasteiger partial charge in [-0.05, 0) is 55.0 Å². The molecule has 2 aliphatic rings. The summed E-state index contributed by atoms with van der Waals surface area (Å²) in [5.41, 5.74) is 2.94. The Bertz CT molecular complexity index is 1120. The molecular weight excluding hydrogens is 456 g/mol. The molecule has 5 rings (SSSR count). The van der Waals surface area contributed by atoms with Gasteiger partial charge in [0.2, 0.25) is 0 Å². The molecule has 2 aliphatic heterocycles. The number of hydrogen-bond donors (Lipinski definition) is 1. The monoisotopic (exact) mass is 482 g/mol. The van der Waals surface area contributed by atoms with Gasteiger partial charge in [0, 0.05) is 43.0 Å². The predicted molar refractivity (Wildman–Crippen MR) is 133 cm³/mol. The molecule has 4 heterocycles. The van der Waals surface area contributed by atoms with Gasteiger partial charge in [-0.2, -0.15) is 0 Å². The zero-order valence-corrected chi connectivity index (χ0v) is 20.1. The summed E-state index contributed by atoms with van der Waals surface area (Å²) in [4.78, 5) is 9.26. The van der Waals surface area contributed by atoms with Gasteiger partial charge in [0.05, 0.1) is 24.9 Å². The number of benzene rings is 1. The highest BCUT2D eigenvalue weighted by molar-refractivity contribution is 7.80. The minimum Gasteiger partial charge on any atom is -0.459 e. The molecule has 6 nitrogen and oxygen atoms in total. The van der Waals surface area contributed by atoms with E-state index in [1.54, 1.807) is 0 Å². The molecule has 0 amide bonds. The predicted octanol–water partition coefficient (Wildman–Crippen LogP) is 4.61. The van der Waals surface area contributed by atoms with E-state index in [4.69, 9.17) is 33.0 Å². The fourth-order valence-electron chi connectivity index (χ4n) is 4.56. The lowest BCUT2D eigenvalue weighted by molar-refractivity contribution is 0.0347. The van der Waals surface area contributed by atoms with E-state index < -0.39 is 0 Å². The van der Waals surface area contributed by atoms with Crippen molar-refractivity contribution in [3.8, 4) is 11.3 Å². The van der Waals surface area contributed by atoms with Crippen LogP contribution in [0.25, 0.3) is 11.3 Å². The Labute approximate surface area is 204 Å². The van der Waals surface area contributed by atoms with Crippen molar-refractivity contribution in [1.82, 2.24) is 20.1 Å². The molecule has 0 radical (unpaired) electrons. The van der Waals surface area contributed by atoms with Crippen LogP contribution >= 0.6 is 23.8 Å². The number of aromatic nitrogens is 1. The first-order chi connectivity index (χ1) is 16.1. The van der Waals surface area contributed by atoms with E-state index in [0.29, 0.717) is 0 Å². The number of rotatable bonds is 6. The summed E-state index contributed by atoms with van der Waals surface area (Å²) in [6, 6.07) is 15.7. The lowest BCUT2D eigenvalue weighted by atomic mass is 10.0. The van der Waals surface area contributed by atoms with Crippen LogP contribution in [0, 0.1) is 6.92 Å². The second-order valence-corrected chi connectivity index (χ2v) is 9.18. The molecule has 0 bridgehead atoms. The normalized spacial score (nSPS) is 21.4. The summed E-state index contributed by atoms with van der Waals surface area (Å²) in [5.74, 6) is 1.66. The molecule has 0 unspecified atom stereocenters. The first-order valence-corrected chi connectivity index (χ1v) is 12.0. The van der Waals surface area contributed by atoms with E-state index in [1.807, 2.05) is 61.7 Å². The summed E-state index contributed by atoms with van der Waals surface area (Å²) < 4.78 is 11.9. The van der Waals surface area contributed by atoms with Gasteiger partial charge in [0.1, 0.15) is 17.6 Å². The highest BCUT2D eigenvalue weighted by Crippen LogP contribution is 2.41. The Balaban J connectivity index is 1.46. The first-order valence-electron chi connectivity index (χ1n) is 11.2. The van der Waals surface area contributed by atoms with E-state index in [-0.39, 0.29) is 12.1 Å². The third kappa shape index (κ3) is 4.64. The summed E-state index contributed by atoms with van der Waals surface area (Å²) in [6.45, 7) is 7.18. The van der Waals surface area contributed by atoms with Crippen molar-refractivity contribution < 1.29 is 9.15 Å². The van der Waals surface area contributed by atoms with E-state index in [2.05, 4.69) is 20.1 Å². The fourth-order valence-corrected chi connectivity index (χ4v) is 5.07. The van der Waals surface area contributed by atoms with Crippen LogP contribution in [-0.4, -0.2) is 59.3 Å². The summed E-state index contributed by atoms with van der Waals surface area (Å²) in [7, 11) is 0. The number of morpholine rings is 1. The summed E-state index contributed by atoms with van der Waals surface area (Å²) in [6.07, 6.45) is 1.82. The van der Waals surface area contributed by atoms with Crippen molar-refractivity contribution in [1.29, 1.82) is 0 Å². The van der Waals surface area contributed by atoms with Crippen LogP contribution in [0.1, 0.15) is 29.1 Å². The molecule has 2 atom stereocenters. The van der Waals surface area contributed by atoms with E-state index in [0.717, 1.165) is 77.9 Å². The maximum absolute atomic E-state index is 6.45. The minimum atomic E-state index is -0.0957. The Morgan fingerprint density at radius 2 is 1.94 bits per heavy atom. The molecule has 33 heavy (non-hydrogen) atoms. The Morgan fingerprint density at radius 3 is 2.73 bits per heavy atom. The number of furan rings is 1. The number of hydrogen-bond acceptors (Lipinski definition) is 5. The van der Waals surface area contributed by atoms with Crippen LogP contribution in [0.5, 0.6) is 0 Å². The second kappa shape index (κ2) is 9.81. The molecule has 8 heteroatoms. The average molecular weight is 483 g/mol. The minimum absolute atomic E-state index is 0.0946. The van der Waals surface area contributed by atoms with Gasteiger partial charge >= 0.3 is 0 Å². The van der Waals surface area contributed by atoms with Gasteiger partial charge in [-0.3, -0.25) is 9.88 Å². The van der Waals surface area contributed by atoms with E-state index >= 15 is 0 Å². The van der Waals surface area contributed by atoms with Crippen LogP contribution in [0.4, 0.5) is 0 Å². The molecule has 172 valence electrons.